The van der Waals surface area contributed by atoms with E-state index in [2.05, 4.69) is 5.32 Å². The van der Waals surface area contributed by atoms with Gasteiger partial charge in [-0.25, -0.2) is 4.79 Å². The van der Waals surface area contributed by atoms with Crippen LogP contribution >= 0.6 is 0 Å². The van der Waals surface area contributed by atoms with Gasteiger partial charge in [0, 0.05) is 5.56 Å². The molecule has 0 fully saturated rings. The van der Waals surface area contributed by atoms with E-state index in [-0.39, 0.29) is 5.70 Å². The maximum atomic E-state index is 12.1. The lowest BCUT2D eigenvalue weighted by Gasteiger charge is -2.10. The number of nitrogens with one attached hydrogen (secondary N) is 1. The molecule has 2 N–H and O–H groups in total. The maximum absolute atomic E-state index is 12.1. The van der Waals surface area contributed by atoms with Gasteiger partial charge < -0.3 is 10.4 Å². The van der Waals surface area contributed by atoms with Crippen LogP contribution in [0, 0.1) is 0 Å². The Morgan fingerprint density at radius 3 is 1.81 bits per heavy atom. The van der Waals surface area contributed by atoms with Crippen LogP contribution in [-0.2, 0) is 4.79 Å². The van der Waals surface area contributed by atoms with Crippen LogP contribution < -0.4 is 5.32 Å². The molecular formula is C17H15NO3. The molecule has 0 radical (unpaired) electrons. The van der Waals surface area contributed by atoms with Gasteiger partial charge in [0.05, 0.1) is 0 Å². The average Bonchev–Trinajstić information content (AvgIpc) is 2.53. The summed E-state index contributed by atoms with van der Waals surface area (Å²) in [7, 11) is 0. The fourth-order valence-corrected chi connectivity index (χ4v) is 1.92. The van der Waals surface area contributed by atoms with Crippen molar-refractivity contribution in [3.63, 3.8) is 0 Å². The van der Waals surface area contributed by atoms with Crippen molar-refractivity contribution >= 4 is 17.4 Å². The molecule has 21 heavy (non-hydrogen) atoms. The van der Waals surface area contributed by atoms with E-state index in [9.17, 15) is 14.7 Å². The van der Waals surface area contributed by atoms with Crippen LogP contribution in [0.3, 0.4) is 0 Å². The van der Waals surface area contributed by atoms with Gasteiger partial charge in [-0.15, -0.1) is 0 Å². The molecule has 1 amide bonds. The maximum Gasteiger partial charge on any atom is 0.352 e. The van der Waals surface area contributed by atoms with E-state index in [4.69, 9.17) is 0 Å². The first kappa shape index (κ1) is 14.5. The third kappa shape index (κ3) is 3.57. The number of benzene rings is 2. The van der Waals surface area contributed by atoms with E-state index in [0.717, 1.165) is 5.56 Å². The Balaban J connectivity index is 2.33. The molecule has 0 spiro atoms. The van der Waals surface area contributed by atoms with Crippen LogP contribution in [0.5, 0.6) is 0 Å². The average molecular weight is 281 g/mol. The molecule has 2 aromatic rings. The summed E-state index contributed by atoms with van der Waals surface area (Å²) in [5.41, 5.74) is 1.56. The minimum atomic E-state index is -1.17. The van der Waals surface area contributed by atoms with Crippen LogP contribution in [0.1, 0.15) is 22.8 Å². The van der Waals surface area contributed by atoms with Gasteiger partial charge in [-0.2, -0.15) is 0 Å². The van der Waals surface area contributed by atoms with Crippen LogP contribution in [-0.4, -0.2) is 17.0 Å². The summed E-state index contributed by atoms with van der Waals surface area (Å²) in [4.78, 5) is 23.5. The summed E-state index contributed by atoms with van der Waals surface area (Å²) in [5.74, 6) is -1.61. The highest BCUT2D eigenvalue weighted by Gasteiger charge is 2.16. The predicted molar refractivity (Wildman–Crippen MR) is 80.6 cm³/mol. The summed E-state index contributed by atoms with van der Waals surface area (Å²) in [6, 6.07) is 17.6. The molecule has 2 aromatic carbocycles. The van der Waals surface area contributed by atoms with Gasteiger partial charge in [0.2, 0.25) is 0 Å². The number of carbonyl (C=O) groups is 2. The van der Waals surface area contributed by atoms with Crippen molar-refractivity contribution in [2.75, 3.05) is 0 Å². The Morgan fingerprint density at radius 1 is 0.857 bits per heavy atom. The van der Waals surface area contributed by atoms with E-state index < -0.39 is 11.9 Å². The second-order valence-electron chi connectivity index (χ2n) is 4.49. The molecule has 0 saturated heterocycles. The lowest BCUT2D eigenvalue weighted by molar-refractivity contribution is -0.132. The number of hydrogen-bond donors (Lipinski definition) is 2. The van der Waals surface area contributed by atoms with Gasteiger partial charge >= 0.3 is 5.97 Å². The fraction of sp³-hybridized carbons (Fsp3) is 0.0588. The van der Waals surface area contributed by atoms with Crippen molar-refractivity contribution in [2.45, 2.75) is 6.92 Å². The molecule has 0 unspecified atom stereocenters. The predicted octanol–water partition coefficient (Wildman–Crippen LogP) is 2.93. The van der Waals surface area contributed by atoms with Crippen molar-refractivity contribution in [1.82, 2.24) is 5.32 Å². The Kier molecular flexibility index (Phi) is 4.51. The monoisotopic (exact) mass is 281 g/mol. The summed E-state index contributed by atoms with van der Waals surface area (Å²) in [6.45, 7) is 1.67. The van der Waals surface area contributed by atoms with Gasteiger partial charge in [-0.1, -0.05) is 48.5 Å². The van der Waals surface area contributed by atoms with Crippen LogP contribution in [0.25, 0.3) is 5.57 Å². The number of rotatable bonds is 4. The molecule has 0 bridgehead atoms. The van der Waals surface area contributed by atoms with Gasteiger partial charge in [0.1, 0.15) is 5.70 Å². The van der Waals surface area contributed by atoms with Gasteiger partial charge in [-0.05, 0) is 30.2 Å². The fourth-order valence-electron chi connectivity index (χ4n) is 1.92. The zero-order valence-corrected chi connectivity index (χ0v) is 11.5. The first-order valence-corrected chi connectivity index (χ1v) is 6.45. The standard InChI is InChI=1S/C17H15NO3/c1-12(13-8-4-2-5-9-13)15(17(20)21)18-16(19)14-10-6-3-7-11-14/h2-11H,1H3,(H,18,19)(H,20,21)/b15-12+. The number of carboxylic acids is 1. The SMILES string of the molecule is C/C(=C(\NC(=O)c1ccccc1)C(=O)O)c1ccccc1. The number of carbonyl (C=O) groups excluding carboxylic acids is 1. The third-order valence-corrected chi connectivity index (χ3v) is 3.07. The smallest absolute Gasteiger partial charge is 0.352 e. The number of allylic oxidation sites excluding steroid dienone is 1. The zero-order chi connectivity index (χ0) is 15.2. The molecule has 0 aliphatic heterocycles. The molecule has 0 saturated carbocycles. The van der Waals surface area contributed by atoms with E-state index in [1.54, 1.807) is 49.4 Å². The number of carboxylic acid groups (broad SMARTS) is 1. The Hall–Kier alpha value is -2.88. The van der Waals surface area contributed by atoms with E-state index in [1.165, 1.54) is 0 Å². The molecule has 4 nitrogen and oxygen atoms in total. The molecule has 0 heterocycles. The second kappa shape index (κ2) is 6.52. The summed E-state index contributed by atoms with van der Waals surface area (Å²) in [6.07, 6.45) is 0. The van der Waals surface area contributed by atoms with E-state index in [0.29, 0.717) is 11.1 Å². The summed E-state index contributed by atoms with van der Waals surface area (Å²) < 4.78 is 0. The number of amides is 1. The number of aliphatic carboxylic acids is 1. The van der Waals surface area contributed by atoms with Crippen LogP contribution in [0.2, 0.25) is 0 Å². The summed E-state index contributed by atoms with van der Waals surface area (Å²) >= 11 is 0. The van der Waals surface area contributed by atoms with E-state index >= 15 is 0 Å². The minimum Gasteiger partial charge on any atom is -0.477 e. The quantitative estimate of drug-likeness (QED) is 0.847. The van der Waals surface area contributed by atoms with Crippen LogP contribution in [0.15, 0.2) is 66.4 Å². The highest BCUT2D eigenvalue weighted by molar-refractivity contribution is 6.04. The molecule has 2 rings (SSSR count). The van der Waals surface area contributed by atoms with Gasteiger partial charge in [0.15, 0.2) is 0 Å². The van der Waals surface area contributed by atoms with Gasteiger partial charge in [0.25, 0.3) is 5.91 Å². The van der Waals surface area contributed by atoms with Crippen LogP contribution in [0.4, 0.5) is 0 Å². The molecule has 106 valence electrons. The first-order valence-electron chi connectivity index (χ1n) is 6.45. The minimum absolute atomic E-state index is 0.116. The van der Waals surface area contributed by atoms with Crippen molar-refractivity contribution in [2.24, 2.45) is 0 Å². The zero-order valence-electron chi connectivity index (χ0n) is 11.5. The summed E-state index contributed by atoms with van der Waals surface area (Å²) in [5, 5.41) is 11.8. The van der Waals surface area contributed by atoms with Crippen molar-refractivity contribution in [3.05, 3.63) is 77.5 Å². The molecular weight excluding hydrogens is 266 g/mol. The normalized spacial score (nSPS) is 11.5. The number of hydrogen-bond acceptors (Lipinski definition) is 2. The van der Waals surface area contributed by atoms with Crippen molar-refractivity contribution in [3.8, 4) is 0 Å². The Bertz CT molecular complexity index is 676. The first-order chi connectivity index (χ1) is 10.1. The largest absolute Gasteiger partial charge is 0.477 e. The van der Waals surface area contributed by atoms with Gasteiger partial charge in [-0.3, -0.25) is 4.79 Å². The third-order valence-electron chi connectivity index (χ3n) is 3.07. The Labute approximate surface area is 122 Å². The molecule has 4 heteroatoms. The molecule has 0 aromatic heterocycles. The lowest BCUT2D eigenvalue weighted by atomic mass is 10.1. The van der Waals surface area contributed by atoms with E-state index in [1.807, 2.05) is 18.2 Å². The topological polar surface area (TPSA) is 66.4 Å². The molecule has 0 aliphatic rings. The van der Waals surface area contributed by atoms with Crippen molar-refractivity contribution in [1.29, 1.82) is 0 Å². The molecule has 0 atom stereocenters. The second-order valence-corrected chi connectivity index (χ2v) is 4.49. The molecule has 0 aliphatic carbocycles. The Morgan fingerprint density at radius 2 is 1.33 bits per heavy atom. The van der Waals surface area contributed by atoms with Crippen molar-refractivity contribution < 1.29 is 14.7 Å². The highest BCUT2D eigenvalue weighted by Crippen LogP contribution is 2.17. The highest BCUT2D eigenvalue weighted by atomic mass is 16.4. The lowest BCUT2D eigenvalue weighted by Crippen LogP contribution is -2.28.